The van der Waals surface area contributed by atoms with Crippen LogP contribution in [0, 0.1) is 0 Å². The molecule has 0 radical (unpaired) electrons. The predicted molar refractivity (Wildman–Crippen MR) is 93.9 cm³/mol. The first-order valence-corrected chi connectivity index (χ1v) is 8.20. The first kappa shape index (κ1) is 17.2. The van der Waals surface area contributed by atoms with Crippen molar-refractivity contribution in [1.29, 1.82) is 0 Å². The monoisotopic (exact) mass is 400 g/mol. The Kier molecular flexibility index (Phi) is 5.41. The molecule has 4 atom stereocenters. The van der Waals surface area contributed by atoms with Gasteiger partial charge in [0, 0.05) is 36.6 Å². The van der Waals surface area contributed by atoms with E-state index in [0.29, 0.717) is 12.0 Å². The number of carbonyl (C=O) groups excluding carboxylic acids is 3. The van der Waals surface area contributed by atoms with Gasteiger partial charge in [-0.2, -0.15) is 4.98 Å². The molecular weight excluding hydrogens is 374 g/mol. The normalized spacial score (nSPS) is 25.2. The summed E-state index contributed by atoms with van der Waals surface area (Å²) in [5.41, 5.74) is 5.40. The number of rotatable bonds is 6. The van der Waals surface area contributed by atoms with Gasteiger partial charge in [-0.1, -0.05) is 6.92 Å². The van der Waals surface area contributed by atoms with Crippen LogP contribution < -0.4 is 11.4 Å². The number of hydrogen-bond donors (Lipinski definition) is 1. The number of ether oxygens (including phenoxy) is 4. The summed E-state index contributed by atoms with van der Waals surface area (Å²) in [4.78, 5) is 51.2. The van der Waals surface area contributed by atoms with Crippen LogP contribution >= 0.6 is 0 Å². The van der Waals surface area contributed by atoms with E-state index in [2.05, 4.69) is 4.98 Å². The first-order chi connectivity index (χ1) is 14.7. The molecule has 0 spiro atoms. The molecule has 1 fully saturated rings. The summed E-state index contributed by atoms with van der Waals surface area (Å²) in [6.07, 6.45) is -3.51. The van der Waals surface area contributed by atoms with Gasteiger partial charge in [0.2, 0.25) is 0 Å². The highest BCUT2D eigenvalue weighted by molar-refractivity contribution is 5.68. The number of carbonyl (C=O) groups is 3. The van der Waals surface area contributed by atoms with Crippen molar-refractivity contribution >= 4 is 23.7 Å². The Balaban J connectivity index is 2.48. The highest BCUT2D eigenvalue weighted by Crippen LogP contribution is 2.34. The maximum atomic E-state index is 12.5. The Labute approximate surface area is 164 Å². The van der Waals surface area contributed by atoms with E-state index >= 15 is 0 Å². The van der Waals surface area contributed by atoms with Crippen LogP contribution in [0.5, 0.6) is 0 Å². The zero-order valence-corrected chi connectivity index (χ0v) is 15.2. The smallest absolute Gasteiger partial charge is 0.351 e. The van der Waals surface area contributed by atoms with Crippen LogP contribution in [0.2, 0.25) is 0 Å². The Morgan fingerprint density at radius 2 is 1.86 bits per heavy atom. The van der Waals surface area contributed by atoms with Crippen molar-refractivity contribution in [3.05, 3.63) is 22.2 Å². The fraction of sp³-hybridized carbons (Fsp3) is 0.588. The number of nitrogens with zero attached hydrogens (tertiary/aromatic N) is 2. The second-order valence-electron chi connectivity index (χ2n) is 5.85. The molecular formula is C17H23N3O8. The maximum absolute atomic E-state index is 12.5. The van der Waals surface area contributed by atoms with Crippen molar-refractivity contribution < 1.29 is 37.4 Å². The largest absolute Gasteiger partial charge is 0.463 e. The van der Waals surface area contributed by atoms with Crippen molar-refractivity contribution in [2.45, 2.75) is 58.6 Å². The van der Waals surface area contributed by atoms with E-state index in [9.17, 15) is 19.2 Å². The number of esters is 3. The summed E-state index contributed by atoms with van der Waals surface area (Å²) in [5, 5.41) is 0. The molecule has 1 aromatic rings. The first-order valence-electron chi connectivity index (χ1n) is 10.3. The summed E-state index contributed by atoms with van der Waals surface area (Å²) >= 11 is 0. The zero-order chi connectivity index (χ0) is 23.1. The average molecular weight is 400 g/mol. The SMILES string of the molecule is [2H]CC(=O)OC[C@H]1OC(n2cc(CC)c(N)nc2=O)[C@H](OC(=O)C[2H])[C@H]1OC(=O)C[2H]. The predicted octanol–water partition coefficient (Wildman–Crippen LogP) is -0.288. The van der Waals surface area contributed by atoms with Gasteiger partial charge in [-0.25, -0.2) is 4.79 Å². The Hall–Kier alpha value is -2.95. The molecule has 1 aliphatic heterocycles. The average Bonchev–Trinajstić information content (AvgIpc) is 3.08. The molecule has 0 aromatic carbocycles. The fourth-order valence-corrected chi connectivity index (χ4v) is 2.79. The molecule has 1 aromatic heterocycles. The van der Waals surface area contributed by atoms with Crippen LogP contribution in [0.3, 0.4) is 0 Å². The third-order valence-electron chi connectivity index (χ3n) is 3.95. The van der Waals surface area contributed by atoms with Gasteiger partial charge >= 0.3 is 23.6 Å². The van der Waals surface area contributed by atoms with E-state index in [0.717, 1.165) is 4.57 Å². The quantitative estimate of drug-likeness (QED) is 0.498. The van der Waals surface area contributed by atoms with Gasteiger partial charge < -0.3 is 24.7 Å². The van der Waals surface area contributed by atoms with Crippen molar-refractivity contribution in [2.24, 2.45) is 0 Å². The third-order valence-corrected chi connectivity index (χ3v) is 3.95. The summed E-state index contributed by atoms with van der Waals surface area (Å²) in [6.45, 7) is -0.862. The fourth-order valence-electron chi connectivity index (χ4n) is 2.79. The van der Waals surface area contributed by atoms with E-state index in [1.165, 1.54) is 6.20 Å². The van der Waals surface area contributed by atoms with Crippen molar-refractivity contribution in [3.8, 4) is 0 Å². The summed E-state index contributed by atoms with van der Waals surface area (Å²) in [6, 6.07) is 0. The molecule has 1 unspecified atom stereocenters. The van der Waals surface area contributed by atoms with Crippen LogP contribution in [0.25, 0.3) is 0 Å². The molecule has 11 heteroatoms. The molecule has 2 rings (SSSR count). The summed E-state index contributed by atoms with van der Waals surface area (Å²) in [5.74, 6) is -2.83. The molecule has 28 heavy (non-hydrogen) atoms. The zero-order valence-electron chi connectivity index (χ0n) is 18.2. The molecule has 0 aliphatic carbocycles. The van der Waals surface area contributed by atoms with Gasteiger partial charge in [0.1, 0.15) is 18.5 Å². The van der Waals surface area contributed by atoms with Gasteiger partial charge in [-0.15, -0.1) is 0 Å². The van der Waals surface area contributed by atoms with Crippen molar-refractivity contribution in [3.63, 3.8) is 0 Å². The lowest BCUT2D eigenvalue weighted by Gasteiger charge is -2.24. The minimum absolute atomic E-state index is 0.0135. The number of aryl methyl sites for hydroxylation is 1. The number of hydrogen-bond acceptors (Lipinski definition) is 10. The molecule has 1 saturated heterocycles. The van der Waals surface area contributed by atoms with E-state index < -0.39 is 75.4 Å². The van der Waals surface area contributed by atoms with Crippen LogP contribution in [0.15, 0.2) is 11.0 Å². The van der Waals surface area contributed by atoms with Gasteiger partial charge in [-0.3, -0.25) is 19.0 Å². The lowest BCUT2D eigenvalue weighted by molar-refractivity contribution is -0.166. The van der Waals surface area contributed by atoms with Crippen LogP contribution in [0.4, 0.5) is 5.82 Å². The van der Waals surface area contributed by atoms with Crippen LogP contribution in [-0.2, 0) is 39.8 Å². The number of aromatic nitrogens is 2. The molecule has 2 heterocycles. The molecule has 1 aliphatic rings. The van der Waals surface area contributed by atoms with E-state index in [1.807, 2.05) is 0 Å². The highest BCUT2D eigenvalue weighted by Gasteiger charge is 2.51. The maximum Gasteiger partial charge on any atom is 0.351 e. The van der Waals surface area contributed by atoms with E-state index in [4.69, 9.17) is 28.8 Å². The molecule has 154 valence electrons. The molecule has 0 bridgehead atoms. The van der Waals surface area contributed by atoms with E-state index in [1.54, 1.807) is 6.92 Å². The van der Waals surface area contributed by atoms with Gasteiger partial charge in [0.15, 0.2) is 18.4 Å². The number of nitrogen functional groups attached to an aromatic ring is 1. The van der Waals surface area contributed by atoms with Crippen LogP contribution in [-0.4, -0.2) is 52.4 Å². The molecule has 0 saturated carbocycles. The standard InChI is InChI=1S/C17H23N3O8/c1-5-11-6-20(17(24)19-15(11)18)16-14(27-10(4)23)13(26-9(3)22)12(28-16)7-25-8(2)21/h6,12-14,16H,5,7H2,1-4H3,(H2,18,19,24)/t12-,13+,14-,16?/m1/s1/i2D,3D,4D. The Morgan fingerprint density at radius 3 is 2.46 bits per heavy atom. The Bertz CT molecular complexity index is 881. The van der Waals surface area contributed by atoms with Crippen LogP contribution in [0.1, 0.15) is 43.5 Å². The number of nitrogens with two attached hydrogens (primary N) is 1. The molecule has 2 N–H and O–H groups in total. The van der Waals surface area contributed by atoms with E-state index in [-0.39, 0.29) is 5.82 Å². The third kappa shape index (κ3) is 4.85. The van der Waals surface area contributed by atoms with Crippen molar-refractivity contribution in [2.75, 3.05) is 12.3 Å². The molecule has 11 nitrogen and oxygen atoms in total. The Morgan fingerprint density at radius 1 is 1.21 bits per heavy atom. The minimum Gasteiger partial charge on any atom is -0.463 e. The topological polar surface area (TPSA) is 149 Å². The van der Waals surface area contributed by atoms with Gasteiger partial charge in [-0.05, 0) is 6.42 Å². The van der Waals surface area contributed by atoms with Gasteiger partial charge in [0.05, 0.1) is 0 Å². The lowest BCUT2D eigenvalue weighted by Crippen LogP contribution is -2.42. The minimum atomic E-state index is -1.40. The van der Waals surface area contributed by atoms with Crippen molar-refractivity contribution in [1.82, 2.24) is 9.55 Å². The second kappa shape index (κ2) is 8.83. The second-order valence-corrected chi connectivity index (χ2v) is 5.85. The molecule has 0 amide bonds. The highest BCUT2D eigenvalue weighted by atomic mass is 16.7. The number of anilines is 1. The van der Waals surface area contributed by atoms with Gasteiger partial charge in [0.25, 0.3) is 0 Å². The summed E-state index contributed by atoms with van der Waals surface area (Å²) in [7, 11) is 0. The lowest BCUT2D eigenvalue weighted by atomic mass is 10.1. The summed E-state index contributed by atoms with van der Waals surface area (Å²) < 4.78 is 43.4.